The molecule has 3 aromatic heterocycles. The molecule has 0 atom stereocenters. The Balaban J connectivity index is 0.000000730. The van der Waals surface area contributed by atoms with Crippen molar-refractivity contribution in [3.05, 3.63) is 49.3 Å². The molecule has 3 rings (SSSR count). The van der Waals surface area contributed by atoms with Gasteiger partial charge in [0.1, 0.15) is 11.7 Å². The maximum Gasteiger partial charge on any atom is 2.00 e. The van der Waals surface area contributed by atoms with E-state index in [0.29, 0.717) is 0 Å². The third kappa shape index (κ3) is 5.18. The summed E-state index contributed by atoms with van der Waals surface area (Å²) in [6.07, 6.45) is 11.5. The first-order chi connectivity index (χ1) is 11.4. The van der Waals surface area contributed by atoms with Crippen LogP contribution in [0.15, 0.2) is 54.5 Å². The summed E-state index contributed by atoms with van der Waals surface area (Å²) in [4.78, 5) is 0. The number of imidazole rings is 1. The molecule has 130 valence electrons. The van der Waals surface area contributed by atoms with Crippen molar-refractivity contribution in [1.29, 1.82) is 0 Å². The molecule has 0 fully saturated rings. The number of rotatable bonds is 3. The molecule has 0 radical (unpaired) electrons. The van der Waals surface area contributed by atoms with Gasteiger partial charge >= 0.3 is 26.6 Å². The summed E-state index contributed by atoms with van der Waals surface area (Å²) >= 11 is 10.1. The molecule has 10 heteroatoms. The molecule has 0 N–H and O–H groups in total. The molecule has 0 saturated heterocycles. The first kappa shape index (κ1) is 21.9. The smallest absolute Gasteiger partial charge is 0.793 e. The summed E-state index contributed by atoms with van der Waals surface area (Å²) in [6, 6.07) is 3.82. The first-order valence-corrected chi connectivity index (χ1v) is 8.92. The summed E-state index contributed by atoms with van der Waals surface area (Å²) in [7, 11) is -1.24. The van der Waals surface area contributed by atoms with Gasteiger partial charge in [-0.1, -0.05) is 6.92 Å². The molecule has 3 heterocycles. The van der Waals surface area contributed by atoms with E-state index in [2.05, 4.69) is 52.6 Å². The molecule has 6 nitrogen and oxygen atoms in total. The van der Waals surface area contributed by atoms with Crippen molar-refractivity contribution in [2.45, 2.75) is 38.4 Å². The van der Waals surface area contributed by atoms with Crippen LogP contribution in [0.5, 0.6) is 0 Å². The Morgan fingerprint density at radius 2 is 1.56 bits per heavy atom. The van der Waals surface area contributed by atoms with Crippen molar-refractivity contribution in [3.63, 3.8) is 0 Å². The summed E-state index contributed by atoms with van der Waals surface area (Å²) in [6.45, 7) is 8.35. The van der Waals surface area contributed by atoms with Crippen LogP contribution in [0.2, 0.25) is 0 Å². The van der Waals surface area contributed by atoms with Gasteiger partial charge in [0.25, 0.3) is 0 Å². The Morgan fingerprint density at radius 3 is 1.88 bits per heavy atom. The predicted octanol–water partition coefficient (Wildman–Crippen LogP) is 1.04. The Morgan fingerprint density at radius 1 is 1.08 bits per heavy atom. The molecule has 0 amide bonds. The van der Waals surface area contributed by atoms with Crippen LogP contribution in [0.1, 0.15) is 27.7 Å². The molecule has 0 spiro atoms. The fourth-order valence-electron chi connectivity index (χ4n) is 2.54. The van der Waals surface area contributed by atoms with Crippen LogP contribution in [0, 0.1) is 0 Å². The number of hydrogen-bond donors (Lipinski definition) is 0. The van der Waals surface area contributed by atoms with Crippen molar-refractivity contribution >= 4 is 32.4 Å². The van der Waals surface area contributed by atoms with Gasteiger partial charge in [-0.3, -0.25) is 4.57 Å². The fraction of sp³-hybridized carbons (Fsp3) is 0.400. The number of aromatic nitrogens is 6. The van der Waals surface area contributed by atoms with E-state index in [1.165, 1.54) is 0 Å². The summed E-state index contributed by atoms with van der Waals surface area (Å²) in [5.41, 5.74) is -0.0550. The maximum atomic E-state index is 5.66. The Labute approximate surface area is 173 Å². The van der Waals surface area contributed by atoms with Crippen LogP contribution < -0.4 is 4.48 Å². The van der Waals surface area contributed by atoms with Crippen molar-refractivity contribution in [2.75, 3.05) is 5.75 Å². The topological polar surface area (TPSA) is 44.5 Å². The Kier molecular flexibility index (Phi) is 8.38. The summed E-state index contributed by atoms with van der Waals surface area (Å²) < 4.78 is 7.99. The van der Waals surface area contributed by atoms with Gasteiger partial charge in [-0.2, -0.15) is 5.75 Å². The second-order valence-electron chi connectivity index (χ2n) is 6.40. The average molecular weight is 428 g/mol. The molecule has 3 aromatic rings. The molecule has 25 heavy (non-hydrogen) atoms. The van der Waals surface area contributed by atoms with E-state index in [0.717, 1.165) is 10.9 Å². The number of nitrogens with zero attached hydrogens (tertiary/aromatic N) is 6. The SMILES string of the molecule is CC(C)(C)n1cc[n+]([BH-](n2cccn2)n2cccn2)c1[S-].CC[S-].[Zn+2]. The zero-order valence-electron chi connectivity index (χ0n) is 15.2. The molecule has 0 saturated carbocycles. The van der Waals surface area contributed by atoms with Crippen LogP contribution in [0.3, 0.4) is 0 Å². The van der Waals surface area contributed by atoms with E-state index in [4.69, 9.17) is 12.6 Å². The Bertz CT molecular complexity index is 703. The first-order valence-electron chi connectivity index (χ1n) is 7.94. The van der Waals surface area contributed by atoms with Crippen LogP contribution in [-0.2, 0) is 50.3 Å². The van der Waals surface area contributed by atoms with Gasteiger partial charge in [-0.25, -0.2) is 10.2 Å². The molecule has 0 unspecified atom stereocenters. The van der Waals surface area contributed by atoms with Gasteiger partial charge in [0.15, 0.2) is 0 Å². The van der Waals surface area contributed by atoms with Gasteiger partial charge < -0.3 is 38.9 Å². The van der Waals surface area contributed by atoms with Gasteiger partial charge in [0.05, 0.1) is 11.4 Å². The second-order valence-corrected chi connectivity index (χ2v) is 7.34. The van der Waals surface area contributed by atoms with E-state index in [9.17, 15) is 0 Å². The minimum Gasteiger partial charge on any atom is -0.793 e. The van der Waals surface area contributed by atoms with Crippen LogP contribution >= 0.6 is 0 Å². The largest absolute Gasteiger partial charge is 2.00 e. The quantitative estimate of drug-likeness (QED) is 0.463. The normalized spacial score (nSPS) is 11.0. The molecule has 0 bridgehead atoms. The third-order valence-corrected chi connectivity index (χ3v) is 4.00. The van der Waals surface area contributed by atoms with Gasteiger partial charge in [0, 0.05) is 12.4 Å². The summed E-state index contributed by atoms with van der Waals surface area (Å²) in [5.74, 6) is 0.833. The predicted molar refractivity (Wildman–Crippen MR) is 101 cm³/mol. The zero-order valence-corrected chi connectivity index (χ0v) is 19.8. The van der Waals surface area contributed by atoms with Crippen molar-refractivity contribution < 1.29 is 24.0 Å². The van der Waals surface area contributed by atoms with Gasteiger partial charge in [-0.15, -0.1) is 0 Å². The van der Waals surface area contributed by atoms with Gasteiger partial charge in [-0.05, 0) is 45.3 Å². The molecule has 0 aliphatic carbocycles. The zero-order chi connectivity index (χ0) is 17.7. The van der Waals surface area contributed by atoms with E-state index in [-0.39, 0.29) is 25.0 Å². The van der Waals surface area contributed by atoms with E-state index in [1.807, 2.05) is 53.0 Å². The second kappa shape index (κ2) is 9.55. The standard InChI is InChI=1S/C13H19BN6S.C2H6S.Zn/c1-13(2,3)17-10-11-18(12(17)21)14(19-8-4-6-15-19)20-9-5-7-16-20;1-2-3;/h4-11,14,21H,1-3H3;3H,2H2,1H3;/q;;+2/p-2. The minimum absolute atomic E-state index is 0. The van der Waals surface area contributed by atoms with Crippen molar-refractivity contribution in [1.82, 2.24) is 24.0 Å². The van der Waals surface area contributed by atoms with E-state index in [1.54, 1.807) is 12.4 Å². The fourth-order valence-corrected chi connectivity index (χ4v) is 3.05. The average Bonchev–Trinajstić information content (AvgIpc) is 3.23. The minimum atomic E-state index is -1.24. The van der Waals surface area contributed by atoms with E-state index >= 15 is 0 Å². The van der Waals surface area contributed by atoms with E-state index < -0.39 is 7.12 Å². The molecular formula is C15H23BN6S2Zn. The monoisotopic (exact) mass is 426 g/mol. The van der Waals surface area contributed by atoms with Gasteiger partial charge in [0.2, 0.25) is 0 Å². The molecule has 0 aromatic carbocycles. The van der Waals surface area contributed by atoms with Crippen LogP contribution in [0.4, 0.5) is 0 Å². The number of hydrogen-bond acceptors (Lipinski definition) is 4. The summed E-state index contributed by atoms with van der Waals surface area (Å²) in [5, 5.41) is 9.53. The molecular weight excluding hydrogens is 405 g/mol. The molecule has 0 aliphatic rings. The van der Waals surface area contributed by atoms with Crippen LogP contribution in [-0.4, -0.2) is 36.8 Å². The van der Waals surface area contributed by atoms with Crippen molar-refractivity contribution in [3.8, 4) is 0 Å². The van der Waals surface area contributed by atoms with Crippen LogP contribution in [0.25, 0.3) is 0 Å². The maximum absolute atomic E-state index is 5.66. The third-order valence-electron chi connectivity index (χ3n) is 3.57. The Hall–Kier alpha value is -1.11. The molecule has 0 aliphatic heterocycles. The van der Waals surface area contributed by atoms with Crippen molar-refractivity contribution in [2.24, 2.45) is 0 Å².